The van der Waals surface area contributed by atoms with E-state index in [1.54, 1.807) is 0 Å². The van der Waals surface area contributed by atoms with Crippen LogP contribution >= 0.6 is 0 Å². The van der Waals surface area contributed by atoms with Crippen LogP contribution in [0.25, 0.3) is 0 Å². The number of carbonyl (C=O) groups is 1. The molecule has 1 saturated heterocycles. The highest BCUT2D eigenvalue weighted by Crippen LogP contribution is 2.23. The molecule has 0 spiro atoms. The van der Waals surface area contributed by atoms with Crippen LogP contribution in [0, 0.1) is 11.3 Å². The number of nitrogens with zero attached hydrogens (tertiary/aromatic N) is 1. The molecule has 0 aromatic heterocycles. The lowest BCUT2D eigenvalue weighted by Gasteiger charge is -2.38. The maximum Gasteiger partial charge on any atom is 0.225 e. The highest BCUT2D eigenvalue weighted by molar-refractivity contribution is 5.81. The Morgan fingerprint density at radius 2 is 2.05 bits per heavy atom. The number of aliphatic hydroxyl groups is 1. The smallest absolute Gasteiger partial charge is 0.225 e. The topological polar surface area (TPSA) is 52.6 Å². The van der Waals surface area contributed by atoms with Gasteiger partial charge in [-0.05, 0) is 18.8 Å². The third-order valence-corrected chi connectivity index (χ3v) is 4.01. The Labute approximate surface area is 123 Å². The van der Waals surface area contributed by atoms with Gasteiger partial charge < -0.3 is 10.4 Å². The van der Waals surface area contributed by atoms with E-state index in [9.17, 15) is 4.79 Å². The van der Waals surface area contributed by atoms with Crippen molar-refractivity contribution < 1.29 is 9.90 Å². The molecule has 0 bridgehead atoms. The lowest BCUT2D eigenvalue weighted by molar-refractivity contribution is -0.129. The van der Waals surface area contributed by atoms with Crippen molar-refractivity contribution in [1.82, 2.24) is 10.2 Å². The number of hydrogen-bond acceptors (Lipinski definition) is 3. The Bertz CT molecular complexity index is 299. The molecule has 2 N–H and O–H groups in total. The van der Waals surface area contributed by atoms with Crippen molar-refractivity contribution in [2.75, 3.05) is 26.2 Å². The van der Waals surface area contributed by atoms with Crippen LogP contribution in [0.15, 0.2) is 0 Å². The number of piperidine rings is 1. The fourth-order valence-corrected chi connectivity index (χ4v) is 2.84. The second-order valence-corrected chi connectivity index (χ2v) is 7.15. The second kappa shape index (κ2) is 7.99. The molecule has 0 aliphatic carbocycles. The lowest BCUT2D eigenvalue weighted by atomic mass is 9.88. The van der Waals surface area contributed by atoms with E-state index >= 15 is 0 Å². The molecule has 118 valence electrons. The zero-order valence-corrected chi connectivity index (χ0v) is 13.6. The lowest BCUT2D eigenvalue weighted by Crippen LogP contribution is -2.53. The maximum atomic E-state index is 12.1. The van der Waals surface area contributed by atoms with Crippen LogP contribution in [0.4, 0.5) is 0 Å². The molecule has 1 heterocycles. The van der Waals surface area contributed by atoms with Gasteiger partial charge in [0.15, 0.2) is 0 Å². The van der Waals surface area contributed by atoms with Crippen molar-refractivity contribution in [3.05, 3.63) is 0 Å². The number of unbranched alkanes of at least 4 members (excludes halogenated alkanes) is 1. The predicted molar refractivity (Wildman–Crippen MR) is 82.5 cm³/mol. The number of likely N-dealkylation sites (tertiary alicyclic amines) is 1. The maximum absolute atomic E-state index is 12.1. The molecule has 4 nitrogen and oxygen atoms in total. The number of carbonyl (C=O) groups excluding carboxylic acids is 1. The van der Waals surface area contributed by atoms with Crippen molar-refractivity contribution in [1.29, 1.82) is 0 Å². The summed E-state index contributed by atoms with van der Waals surface area (Å²) in [5, 5.41) is 12.3. The van der Waals surface area contributed by atoms with Crippen LogP contribution in [0.3, 0.4) is 0 Å². The Hall–Kier alpha value is -0.610. The van der Waals surface area contributed by atoms with Crippen LogP contribution in [0.1, 0.15) is 53.4 Å². The molecular formula is C16H32N2O2. The number of nitrogens with one attached hydrogen (secondary N) is 1. The van der Waals surface area contributed by atoms with Crippen molar-refractivity contribution in [3.8, 4) is 0 Å². The highest BCUT2D eigenvalue weighted by Gasteiger charge is 2.30. The van der Waals surface area contributed by atoms with Crippen molar-refractivity contribution in [2.45, 2.75) is 59.4 Å². The first kappa shape index (κ1) is 17.4. The van der Waals surface area contributed by atoms with E-state index < -0.39 is 0 Å². The number of rotatable bonds is 6. The van der Waals surface area contributed by atoms with Gasteiger partial charge in [0.25, 0.3) is 0 Å². The molecule has 2 unspecified atom stereocenters. The third-order valence-electron chi connectivity index (χ3n) is 4.01. The number of β-amino-alcohol motifs (C(OH)–C–C–N with tert-alkyl or cyclic N) is 1. The summed E-state index contributed by atoms with van der Waals surface area (Å²) in [4.78, 5) is 14.4. The molecule has 0 aromatic carbocycles. The molecule has 0 aromatic rings. The largest absolute Gasteiger partial charge is 0.395 e. The fraction of sp³-hybridized carbons (Fsp3) is 0.938. The Morgan fingerprint density at radius 1 is 1.35 bits per heavy atom. The summed E-state index contributed by atoms with van der Waals surface area (Å²) in [7, 11) is 0. The summed E-state index contributed by atoms with van der Waals surface area (Å²) >= 11 is 0. The van der Waals surface area contributed by atoms with Gasteiger partial charge in [-0.3, -0.25) is 9.69 Å². The summed E-state index contributed by atoms with van der Waals surface area (Å²) in [5.41, 5.74) is -0.335. The summed E-state index contributed by atoms with van der Waals surface area (Å²) in [5.74, 6) is 0.767. The summed E-state index contributed by atoms with van der Waals surface area (Å²) < 4.78 is 0. The molecule has 0 radical (unpaired) electrons. The standard InChI is InChI=1S/C16H32N2O2/c1-5-6-7-13-10-14(12-18(11-13)8-9-19)17-15(20)16(2,3)4/h13-14,19H,5-12H2,1-4H3,(H,17,20). The van der Waals surface area contributed by atoms with Gasteiger partial charge in [-0.2, -0.15) is 0 Å². The monoisotopic (exact) mass is 284 g/mol. The van der Waals surface area contributed by atoms with Crippen molar-refractivity contribution >= 4 is 5.91 Å². The Morgan fingerprint density at radius 3 is 2.60 bits per heavy atom. The van der Waals surface area contributed by atoms with E-state index in [2.05, 4.69) is 17.1 Å². The Balaban J connectivity index is 2.57. The van der Waals surface area contributed by atoms with Crippen molar-refractivity contribution in [2.24, 2.45) is 11.3 Å². The predicted octanol–water partition coefficient (Wildman–Crippen LogP) is 2.02. The molecule has 1 fully saturated rings. The van der Waals surface area contributed by atoms with Crippen LogP contribution in [0.2, 0.25) is 0 Å². The van der Waals surface area contributed by atoms with Gasteiger partial charge in [-0.15, -0.1) is 0 Å². The summed E-state index contributed by atoms with van der Waals surface area (Å²) in [6, 6.07) is 0.226. The zero-order chi connectivity index (χ0) is 15.2. The van der Waals surface area contributed by atoms with Gasteiger partial charge in [0.1, 0.15) is 0 Å². The minimum atomic E-state index is -0.335. The minimum Gasteiger partial charge on any atom is -0.395 e. The van der Waals surface area contributed by atoms with E-state index in [0.717, 1.165) is 19.5 Å². The second-order valence-electron chi connectivity index (χ2n) is 7.15. The van der Waals surface area contributed by atoms with Gasteiger partial charge in [-0.1, -0.05) is 40.5 Å². The van der Waals surface area contributed by atoms with Crippen LogP contribution in [-0.2, 0) is 4.79 Å². The van der Waals surface area contributed by atoms with E-state index in [-0.39, 0.29) is 24.0 Å². The molecule has 4 heteroatoms. The molecule has 1 amide bonds. The number of amides is 1. The average molecular weight is 284 g/mol. The minimum absolute atomic E-state index is 0.127. The zero-order valence-electron chi connectivity index (χ0n) is 13.6. The molecule has 1 aliphatic heterocycles. The number of aliphatic hydroxyl groups excluding tert-OH is 1. The quantitative estimate of drug-likeness (QED) is 0.784. The molecule has 1 rings (SSSR count). The average Bonchev–Trinajstić information content (AvgIpc) is 2.35. The molecule has 20 heavy (non-hydrogen) atoms. The van der Waals surface area contributed by atoms with E-state index in [1.807, 2.05) is 20.8 Å². The van der Waals surface area contributed by atoms with Gasteiger partial charge in [0.2, 0.25) is 5.91 Å². The summed E-state index contributed by atoms with van der Waals surface area (Å²) in [6.45, 7) is 10.9. The highest BCUT2D eigenvalue weighted by atomic mass is 16.3. The normalized spacial score (nSPS) is 24.6. The SMILES string of the molecule is CCCCC1CC(NC(=O)C(C)(C)C)CN(CCO)C1. The first-order chi connectivity index (χ1) is 9.36. The summed E-state index contributed by atoms with van der Waals surface area (Å²) in [6.07, 6.45) is 4.76. The van der Waals surface area contributed by atoms with Crippen LogP contribution < -0.4 is 5.32 Å². The first-order valence-electron chi connectivity index (χ1n) is 8.01. The van der Waals surface area contributed by atoms with Gasteiger partial charge in [-0.25, -0.2) is 0 Å². The third kappa shape index (κ3) is 5.80. The van der Waals surface area contributed by atoms with E-state index in [4.69, 9.17) is 5.11 Å². The van der Waals surface area contributed by atoms with Gasteiger partial charge in [0.05, 0.1) is 6.61 Å². The van der Waals surface area contributed by atoms with Crippen LogP contribution in [0.5, 0.6) is 0 Å². The Kier molecular flexibility index (Phi) is 6.96. The molecule has 0 saturated carbocycles. The van der Waals surface area contributed by atoms with Gasteiger partial charge >= 0.3 is 0 Å². The van der Waals surface area contributed by atoms with Gasteiger partial charge in [0, 0.05) is 31.1 Å². The molecule has 1 aliphatic rings. The number of hydrogen-bond donors (Lipinski definition) is 2. The molecule has 2 atom stereocenters. The van der Waals surface area contributed by atoms with E-state index in [0.29, 0.717) is 12.5 Å². The van der Waals surface area contributed by atoms with E-state index in [1.165, 1.54) is 19.3 Å². The fourth-order valence-electron chi connectivity index (χ4n) is 2.84. The van der Waals surface area contributed by atoms with Crippen molar-refractivity contribution in [3.63, 3.8) is 0 Å². The van der Waals surface area contributed by atoms with Crippen LogP contribution in [-0.4, -0.2) is 48.2 Å². The first-order valence-corrected chi connectivity index (χ1v) is 8.01. The molecular weight excluding hydrogens is 252 g/mol.